The van der Waals surface area contributed by atoms with Crippen molar-refractivity contribution in [2.24, 2.45) is 50.2 Å². The molecule has 3 fully saturated rings. The van der Waals surface area contributed by atoms with Crippen molar-refractivity contribution in [2.45, 2.75) is 93.4 Å². The van der Waals surface area contributed by atoms with Crippen molar-refractivity contribution in [3.8, 4) is 6.07 Å². The molecule has 3 saturated carbocycles. The van der Waals surface area contributed by atoms with E-state index in [1.807, 2.05) is 26.0 Å². The van der Waals surface area contributed by atoms with Crippen LogP contribution in [0.1, 0.15) is 93.4 Å². The zero-order valence-electron chi connectivity index (χ0n) is 23.9. The highest BCUT2D eigenvalue weighted by molar-refractivity contribution is 6.04. The molecule has 3 unspecified atom stereocenters. The van der Waals surface area contributed by atoms with Crippen LogP contribution in [-0.2, 0) is 19.1 Å². The molecule has 7 atom stereocenters. The lowest BCUT2D eigenvalue weighted by atomic mass is 9.34. The van der Waals surface area contributed by atoms with Gasteiger partial charge in [-0.15, -0.1) is 0 Å². The third-order valence-corrected chi connectivity index (χ3v) is 12.5. The highest BCUT2D eigenvalue weighted by Crippen LogP contribution is 2.74. The maximum Gasteiger partial charge on any atom is 0.312 e. The number of fused-ring (bicyclic) bond motifs is 7. The average molecular weight is 506 g/mol. The average Bonchev–Trinajstić information content (AvgIpc) is 2.82. The van der Waals surface area contributed by atoms with E-state index in [1.165, 1.54) is 7.11 Å². The number of nitrogens with zero attached hydrogens (tertiary/aromatic N) is 1. The van der Waals surface area contributed by atoms with E-state index in [1.54, 1.807) is 0 Å². The highest BCUT2D eigenvalue weighted by atomic mass is 16.5. The van der Waals surface area contributed by atoms with Crippen LogP contribution in [0.4, 0.5) is 0 Å². The number of Topliss-reactive ketones (excluding diaryl/α,β-unsaturated/α-hetero) is 1. The summed E-state index contributed by atoms with van der Waals surface area (Å²) >= 11 is 0. The molecule has 0 spiro atoms. The fourth-order valence-electron chi connectivity index (χ4n) is 10.2. The second-order valence-corrected chi connectivity index (χ2v) is 14.9. The van der Waals surface area contributed by atoms with Gasteiger partial charge in [-0.2, -0.15) is 5.26 Å². The Morgan fingerprint density at radius 2 is 1.65 bits per heavy atom. The van der Waals surface area contributed by atoms with Crippen LogP contribution in [0.5, 0.6) is 0 Å². The van der Waals surface area contributed by atoms with Gasteiger partial charge < -0.3 is 4.74 Å². The molecule has 0 amide bonds. The zero-order valence-corrected chi connectivity index (χ0v) is 23.9. The topological polar surface area (TPSA) is 84.2 Å². The molecule has 5 aliphatic rings. The van der Waals surface area contributed by atoms with Gasteiger partial charge in [0, 0.05) is 16.7 Å². The normalized spacial score (nSPS) is 45.6. The molecule has 5 nitrogen and oxygen atoms in total. The minimum Gasteiger partial charge on any atom is -0.469 e. The van der Waals surface area contributed by atoms with Crippen LogP contribution in [0.3, 0.4) is 0 Å². The second kappa shape index (κ2) is 7.67. The van der Waals surface area contributed by atoms with Crippen LogP contribution in [0, 0.1) is 61.6 Å². The van der Waals surface area contributed by atoms with E-state index >= 15 is 0 Å². The number of allylic oxidation sites excluding steroid dienone is 4. The number of rotatable bonds is 1. The summed E-state index contributed by atoms with van der Waals surface area (Å²) in [4.78, 5) is 40.9. The lowest BCUT2D eigenvalue weighted by molar-refractivity contribution is -0.191. The Hall–Kier alpha value is -2.22. The van der Waals surface area contributed by atoms with Gasteiger partial charge in [0.1, 0.15) is 6.07 Å². The van der Waals surface area contributed by atoms with Gasteiger partial charge in [0.25, 0.3) is 0 Å². The predicted octanol–water partition coefficient (Wildman–Crippen LogP) is 6.38. The summed E-state index contributed by atoms with van der Waals surface area (Å²) in [6, 6.07) is 2.17. The summed E-state index contributed by atoms with van der Waals surface area (Å²) in [7, 11) is 1.48. The summed E-state index contributed by atoms with van der Waals surface area (Å²) in [5, 5.41) is 9.86. The first-order chi connectivity index (χ1) is 17.0. The molecule has 0 saturated heterocycles. The molecule has 0 aromatic rings. The van der Waals surface area contributed by atoms with E-state index in [0.29, 0.717) is 0 Å². The van der Waals surface area contributed by atoms with Crippen molar-refractivity contribution < 1.29 is 19.1 Å². The maximum absolute atomic E-state index is 14.4. The van der Waals surface area contributed by atoms with Crippen molar-refractivity contribution in [2.75, 3.05) is 7.11 Å². The molecule has 5 heteroatoms. The number of nitriles is 1. The minimum absolute atomic E-state index is 0.0308. The number of esters is 1. The monoisotopic (exact) mass is 505 g/mol. The van der Waals surface area contributed by atoms with Crippen LogP contribution in [-0.4, -0.2) is 24.6 Å². The summed E-state index contributed by atoms with van der Waals surface area (Å²) in [5.41, 5.74) is -1.02. The van der Waals surface area contributed by atoms with Gasteiger partial charge in [-0.05, 0) is 79.1 Å². The molecule has 0 radical (unpaired) electrons. The van der Waals surface area contributed by atoms with Gasteiger partial charge in [0.2, 0.25) is 0 Å². The quantitative estimate of drug-likeness (QED) is 0.386. The Morgan fingerprint density at radius 3 is 2.27 bits per heavy atom. The molecule has 0 N–H and O–H groups in total. The predicted molar refractivity (Wildman–Crippen MR) is 141 cm³/mol. The van der Waals surface area contributed by atoms with Gasteiger partial charge in [-0.3, -0.25) is 14.4 Å². The van der Waals surface area contributed by atoms with Crippen molar-refractivity contribution in [3.63, 3.8) is 0 Å². The number of ether oxygens (including phenoxy) is 1. The fraction of sp³-hybridized carbons (Fsp3) is 0.750. The summed E-state index contributed by atoms with van der Waals surface area (Å²) in [5.74, 6) is -0.376. The SMILES string of the molecule is COC(=O)[C@]12CCC(C)(C)CC1C1C(=O)C=C3[C@@]4(C)C=C(C#N)C(=O)C(C)(C)C4CC[C@@]3(C)[C@]1(C)CC2. The van der Waals surface area contributed by atoms with Crippen LogP contribution in [0.25, 0.3) is 0 Å². The fourth-order valence-corrected chi connectivity index (χ4v) is 10.2. The molecule has 200 valence electrons. The highest BCUT2D eigenvalue weighted by Gasteiger charge is 2.71. The Labute approximate surface area is 222 Å². The molecule has 0 aromatic carbocycles. The smallest absolute Gasteiger partial charge is 0.312 e. The lowest BCUT2D eigenvalue weighted by Crippen LogP contribution is -2.65. The molecule has 0 aromatic heterocycles. The molecule has 0 aliphatic heterocycles. The Kier molecular flexibility index (Phi) is 5.47. The van der Waals surface area contributed by atoms with Gasteiger partial charge in [0.15, 0.2) is 11.6 Å². The molecule has 0 heterocycles. The van der Waals surface area contributed by atoms with Crippen molar-refractivity contribution in [3.05, 3.63) is 23.3 Å². The van der Waals surface area contributed by atoms with Crippen LogP contribution in [0.15, 0.2) is 23.3 Å². The lowest BCUT2D eigenvalue weighted by Gasteiger charge is -2.68. The Morgan fingerprint density at radius 1 is 1.00 bits per heavy atom. The van der Waals surface area contributed by atoms with Gasteiger partial charge >= 0.3 is 5.97 Å². The first-order valence-corrected chi connectivity index (χ1v) is 14.1. The molecule has 5 aliphatic carbocycles. The van der Waals surface area contributed by atoms with Crippen LogP contribution >= 0.6 is 0 Å². The van der Waals surface area contributed by atoms with Crippen molar-refractivity contribution in [1.29, 1.82) is 5.26 Å². The van der Waals surface area contributed by atoms with Crippen LogP contribution < -0.4 is 0 Å². The molecular formula is C32H43NO4. The number of carbonyl (C=O) groups is 3. The summed E-state index contributed by atoms with van der Waals surface area (Å²) in [6.45, 7) is 15.2. The molecule has 5 rings (SSSR count). The van der Waals surface area contributed by atoms with E-state index < -0.39 is 16.2 Å². The van der Waals surface area contributed by atoms with E-state index in [0.717, 1.165) is 50.5 Å². The minimum atomic E-state index is -0.669. The van der Waals surface area contributed by atoms with Crippen LogP contribution in [0.2, 0.25) is 0 Å². The number of carbonyl (C=O) groups excluding carboxylic acids is 3. The van der Waals surface area contributed by atoms with Gasteiger partial charge in [-0.1, -0.05) is 60.1 Å². The van der Waals surface area contributed by atoms with Gasteiger partial charge in [0.05, 0.1) is 18.1 Å². The van der Waals surface area contributed by atoms with E-state index in [4.69, 9.17) is 4.74 Å². The third kappa shape index (κ3) is 3.11. The van der Waals surface area contributed by atoms with Crippen molar-refractivity contribution in [1.82, 2.24) is 0 Å². The Balaban J connectivity index is 1.71. The number of ketones is 2. The number of hydrogen-bond acceptors (Lipinski definition) is 5. The molecular weight excluding hydrogens is 462 g/mol. The second-order valence-electron chi connectivity index (χ2n) is 14.9. The number of hydrogen-bond donors (Lipinski definition) is 0. The van der Waals surface area contributed by atoms with Crippen molar-refractivity contribution >= 4 is 17.5 Å². The summed E-state index contributed by atoms with van der Waals surface area (Å²) < 4.78 is 5.41. The molecule has 37 heavy (non-hydrogen) atoms. The first kappa shape index (κ1) is 26.4. The van der Waals surface area contributed by atoms with Gasteiger partial charge in [-0.25, -0.2) is 0 Å². The van der Waals surface area contributed by atoms with E-state index in [9.17, 15) is 19.6 Å². The standard InChI is InChI=1S/C32H43NO4/c1-27(2)11-13-32(26(36)37-8)14-12-31(7)24(20(32)17-27)21(34)15-23-29(5)16-19(18-33)25(35)28(3,4)22(29)9-10-30(23,31)6/h15-16,20,22,24H,9-14,17H2,1-8H3/t20?,22?,24?,29-,30+,31+,32-/m0/s1. The third-order valence-electron chi connectivity index (χ3n) is 12.5. The number of methoxy groups -OCH3 is 1. The van der Waals surface area contributed by atoms with E-state index in [2.05, 4.69) is 40.7 Å². The Bertz CT molecular complexity index is 1200. The maximum atomic E-state index is 14.4. The zero-order chi connectivity index (χ0) is 27.4. The summed E-state index contributed by atoms with van der Waals surface area (Å²) in [6.07, 6.45) is 9.65. The first-order valence-electron chi connectivity index (χ1n) is 14.1. The van der Waals surface area contributed by atoms with E-state index in [-0.39, 0.29) is 57.1 Å². The molecule has 0 bridgehead atoms. The largest absolute Gasteiger partial charge is 0.469 e.